The van der Waals surface area contributed by atoms with Crippen molar-refractivity contribution in [2.75, 3.05) is 0 Å². The second kappa shape index (κ2) is 8.87. The van der Waals surface area contributed by atoms with E-state index in [4.69, 9.17) is 9.05 Å². The molecule has 2 aliphatic carbocycles. The Balaban J connectivity index is 2.01. The molecular weight excluding hydrogens is 335 g/mol. The monoisotopic (exact) mass is 374 g/mol. The minimum absolute atomic E-state index is 0.160. The molecule has 5 heteroatoms. The van der Waals surface area contributed by atoms with Crippen molar-refractivity contribution in [1.29, 1.82) is 0 Å². The molecule has 0 aromatic rings. The summed E-state index contributed by atoms with van der Waals surface area (Å²) in [6, 6.07) is 0. The zero-order valence-electron chi connectivity index (χ0n) is 17.0. The van der Waals surface area contributed by atoms with Crippen LogP contribution >= 0.6 is 7.82 Å². The molecular formula is C20H39O4P. The predicted molar refractivity (Wildman–Crippen MR) is 102 cm³/mol. The normalized spacial score (nSPS) is 39.6. The van der Waals surface area contributed by atoms with Crippen LogP contribution in [0.1, 0.15) is 80.1 Å². The first-order valence-electron chi connectivity index (χ1n) is 10.3. The van der Waals surface area contributed by atoms with Crippen molar-refractivity contribution in [2.45, 2.75) is 92.3 Å². The quantitative estimate of drug-likeness (QED) is 0.576. The lowest BCUT2D eigenvalue weighted by atomic mass is 9.75. The Morgan fingerprint density at radius 3 is 1.48 bits per heavy atom. The first-order chi connectivity index (χ1) is 11.6. The molecule has 0 aromatic carbocycles. The molecule has 2 rings (SSSR count). The SMILES string of the molecule is CC1CCC(OP(=O)(O)OC2CCC(C)CC2C(C)C)C(C(C)C)C1. The first-order valence-corrected chi connectivity index (χ1v) is 11.8. The summed E-state index contributed by atoms with van der Waals surface area (Å²) in [5, 5.41) is 0. The van der Waals surface area contributed by atoms with E-state index in [1.165, 1.54) is 0 Å². The molecule has 6 unspecified atom stereocenters. The van der Waals surface area contributed by atoms with Gasteiger partial charge in [0.1, 0.15) is 0 Å². The van der Waals surface area contributed by atoms with E-state index in [2.05, 4.69) is 41.5 Å². The maximum atomic E-state index is 12.8. The smallest absolute Gasteiger partial charge is 0.302 e. The molecule has 0 saturated heterocycles. The lowest BCUT2D eigenvalue weighted by molar-refractivity contribution is -0.0206. The van der Waals surface area contributed by atoms with Crippen molar-refractivity contribution >= 4 is 7.82 Å². The van der Waals surface area contributed by atoms with E-state index >= 15 is 0 Å². The van der Waals surface area contributed by atoms with Crippen molar-refractivity contribution in [3.8, 4) is 0 Å². The molecule has 1 N–H and O–H groups in total. The van der Waals surface area contributed by atoms with Crippen molar-refractivity contribution in [1.82, 2.24) is 0 Å². The fourth-order valence-corrected chi connectivity index (χ4v) is 6.08. The first kappa shape index (κ1) is 21.4. The minimum Gasteiger partial charge on any atom is -0.302 e. The third kappa shape index (κ3) is 6.06. The van der Waals surface area contributed by atoms with Gasteiger partial charge in [0, 0.05) is 0 Å². The van der Waals surface area contributed by atoms with E-state index < -0.39 is 7.82 Å². The van der Waals surface area contributed by atoms with Crippen LogP contribution in [0.15, 0.2) is 0 Å². The highest BCUT2D eigenvalue weighted by Crippen LogP contribution is 2.53. The molecule has 0 bridgehead atoms. The van der Waals surface area contributed by atoms with Crippen LogP contribution in [0.2, 0.25) is 0 Å². The third-order valence-corrected chi connectivity index (χ3v) is 7.52. The molecule has 0 radical (unpaired) electrons. The predicted octanol–water partition coefficient (Wildman–Crippen LogP) is 6.04. The minimum atomic E-state index is -4.02. The fraction of sp³-hybridized carbons (Fsp3) is 1.00. The summed E-state index contributed by atoms with van der Waals surface area (Å²) in [5.74, 6) is 2.89. The molecule has 0 amide bonds. The topological polar surface area (TPSA) is 55.8 Å². The zero-order chi connectivity index (χ0) is 18.8. The maximum absolute atomic E-state index is 12.8. The van der Waals surface area contributed by atoms with E-state index in [1.54, 1.807) is 0 Å². The zero-order valence-corrected chi connectivity index (χ0v) is 17.9. The van der Waals surface area contributed by atoms with Crippen LogP contribution in [-0.2, 0) is 13.6 Å². The van der Waals surface area contributed by atoms with Gasteiger partial charge in [-0.1, -0.05) is 41.5 Å². The van der Waals surface area contributed by atoms with Crippen LogP contribution < -0.4 is 0 Å². The Bertz CT molecular complexity index is 427. The second-order valence-electron chi connectivity index (χ2n) is 9.41. The summed E-state index contributed by atoms with van der Waals surface area (Å²) >= 11 is 0. The summed E-state index contributed by atoms with van der Waals surface area (Å²) in [6.45, 7) is 13.2. The number of hydrogen-bond acceptors (Lipinski definition) is 3. The largest absolute Gasteiger partial charge is 0.472 e. The van der Waals surface area contributed by atoms with E-state index in [-0.39, 0.29) is 12.2 Å². The number of phosphoric ester groups is 1. The summed E-state index contributed by atoms with van der Waals surface area (Å²) in [4.78, 5) is 10.5. The second-order valence-corrected chi connectivity index (χ2v) is 10.8. The highest BCUT2D eigenvalue weighted by Gasteiger charge is 2.41. The Labute approximate surface area is 154 Å². The molecule has 0 heterocycles. The van der Waals surface area contributed by atoms with E-state index in [1.807, 2.05) is 0 Å². The van der Waals surface area contributed by atoms with Gasteiger partial charge < -0.3 is 4.89 Å². The standard InChI is InChI=1S/C20H39O4P/c1-13(2)17-11-15(5)7-9-19(17)23-25(21,22)24-20-10-8-16(6)12-18(20)14(3)4/h13-20H,7-12H2,1-6H3,(H,21,22). The van der Waals surface area contributed by atoms with Gasteiger partial charge in [-0.3, -0.25) is 9.05 Å². The molecule has 2 saturated carbocycles. The Morgan fingerprint density at radius 1 is 0.800 bits per heavy atom. The lowest BCUT2D eigenvalue weighted by Crippen LogP contribution is -2.36. The van der Waals surface area contributed by atoms with E-state index in [0.29, 0.717) is 35.5 Å². The van der Waals surface area contributed by atoms with E-state index in [0.717, 1.165) is 38.5 Å². The van der Waals surface area contributed by atoms with Gasteiger partial charge in [-0.05, 0) is 74.0 Å². The van der Waals surface area contributed by atoms with Gasteiger partial charge >= 0.3 is 7.82 Å². The number of hydrogen-bond donors (Lipinski definition) is 1. The van der Waals surface area contributed by atoms with Crippen LogP contribution in [0.25, 0.3) is 0 Å². The van der Waals surface area contributed by atoms with Crippen LogP contribution in [0.5, 0.6) is 0 Å². The van der Waals surface area contributed by atoms with E-state index in [9.17, 15) is 9.46 Å². The Morgan fingerprint density at radius 2 is 1.16 bits per heavy atom. The molecule has 0 spiro atoms. The number of rotatable bonds is 6. The van der Waals surface area contributed by atoms with Crippen molar-refractivity contribution in [2.24, 2.45) is 35.5 Å². The van der Waals surface area contributed by atoms with Crippen LogP contribution in [0.3, 0.4) is 0 Å². The molecule has 25 heavy (non-hydrogen) atoms. The summed E-state index contributed by atoms with van der Waals surface area (Å²) < 4.78 is 24.3. The highest BCUT2D eigenvalue weighted by atomic mass is 31.2. The van der Waals surface area contributed by atoms with Crippen LogP contribution in [0, 0.1) is 35.5 Å². The fourth-order valence-electron chi connectivity index (χ4n) is 4.83. The summed E-state index contributed by atoms with van der Waals surface area (Å²) in [7, 11) is -4.02. The molecule has 6 atom stereocenters. The molecule has 4 nitrogen and oxygen atoms in total. The molecule has 0 aliphatic heterocycles. The van der Waals surface area contributed by atoms with Gasteiger partial charge in [0.05, 0.1) is 12.2 Å². The van der Waals surface area contributed by atoms with Crippen LogP contribution in [0.4, 0.5) is 0 Å². The lowest BCUT2D eigenvalue weighted by Gasteiger charge is -2.40. The van der Waals surface area contributed by atoms with Crippen molar-refractivity contribution in [3.63, 3.8) is 0 Å². The molecule has 148 valence electrons. The molecule has 2 fully saturated rings. The molecule has 2 aliphatic rings. The number of phosphoric acid groups is 1. The average molecular weight is 375 g/mol. The average Bonchev–Trinajstić information content (AvgIpc) is 2.50. The van der Waals surface area contributed by atoms with Crippen molar-refractivity contribution in [3.05, 3.63) is 0 Å². The Kier molecular flexibility index (Phi) is 7.59. The van der Waals surface area contributed by atoms with Crippen LogP contribution in [-0.4, -0.2) is 17.1 Å². The van der Waals surface area contributed by atoms with Gasteiger partial charge in [-0.15, -0.1) is 0 Å². The summed E-state index contributed by atoms with van der Waals surface area (Å²) in [5.41, 5.74) is 0. The van der Waals surface area contributed by atoms with Gasteiger partial charge in [-0.25, -0.2) is 4.57 Å². The third-order valence-electron chi connectivity index (χ3n) is 6.44. The highest BCUT2D eigenvalue weighted by molar-refractivity contribution is 7.47. The maximum Gasteiger partial charge on any atom is 0.472 e. The molecule has 0 aromatic heterocycles. The van der Waals surface area contributed by atoms with Crippen molar-refractivity contribution < 1.29 is 18.5 Å². The van der Waals surface area contributed by atoms with Gasteiger partial charge in [0.2, 0.25) is 0 Å². The van der Waals surface area contributed by atoms with Gasteiger partial charge in [-0.2, -0.15) is 0 Å². The van der Waals surface area contributed by atoms with Gasteiger partial charge in [0.25, 0.3) is 0 Å². The summed E-state index contributed by atoms with van der Waals surface area (Å²) in [6.07, 6.45) is 5.64. The van der Waals surface area contributed by atoms with Gasteiger partial charge in [0.15, 0.2) is 0 Å². The Hall–Kier alpha value is 0.110.